The van der Waals surface area contributed by atoms with Gasteiger partial charge in [0.15, 0.2) is 5.78 Å². The minimum Gasteiger partial charge on any atom is -0.486 e. The predicted octanol–water partition coefficient (Wildman–Crippen LogP) is 3.31. The number of rotatable bonds is 5. The highest BCUT2D eigenvalue weighted by molar-refractivity contribution is 7.09. The topological polar surface area (TPSA) is 39.2 Å². The van der Waals surface area contributed by atoms with Gasteiger partial charge in [-0.15, -0.1) is 11.3 Å². The van der Waals surface area contributed by atoms with Crippen molar-refractivity contribution in [1.29, 1.82) is 0 Å². The van der Waals surface area contributed by atoms with Crippen LogP contribution in [0, 0.1) is 0 Å². The molecule has 0 atom stereocenters. The quantitative estimate of drug-likeness (QED) is 0.761. The lowest BCUT2D eigenvalue weighted by atomic mass is 10.1. The zero-order valence-electron chi connectivity index (χ0n) is 9.55. The van der Waals surface area contributed by atoms with Crippen LogP contribution >= 0.6 is 11.3 Å². The molecule has 0 aliphatic heterocycles. The van der Waals surface area contributed by atoms with Gasteiger partial charge in [0.2, 0.25) is 0 Å². The fraction of sp³-hybridized carbons (Fsp3) is 0.231. The Labute approximate surface area is 104 Å². The lowest BCUT2D eigenvalue weighted by Crippen LogP contribution is -1.97. The van der Waals surface area contributed by atoms with Crippen molar-refractivity contribution in [2.75, 3.05) is 0 Å². The average Bonchev–Trinajstić information content (AvgIpc) is 2.89. The number of thiazole rings is 1. The zero-order chi connectivity index (χ0) is 12.1. The summed E-state index contributed by atoms with van der Waals surface area (Å²) in [4.78, 5) is 15.5. The van der Waals surface area contributed by atoms with Crippen LogP contribution in [0.1, 0.15) is 28.7 Å². The number of ketones is 1. The van der Waals surface area contributed by atoms with E-state index in [1.54, 1.807) is 29.7 Å². The normalized spacial score (nSPS) is 10.2. The minimum atomic E-state index is 0.150. The smallest absolute Gasteiger partial charge is 0.162 e. The Hall–Kier alpha value is -1.68. The molecule has 0 fully saturated rings. The number of carbonyl (C=O) groups is 1. The number of aromatic nitrogens is 1. The van der Waals surface area contributed by atoms with Crippen molar-refractivity contribution in [2.24, 2.45) is 0 Å². The first-order valence-electron chi connectivity index (χ1n) is 5.44. The molecule has 0 unspecified atom stereocenters. The lowest BCUT2D eigenvalue weighted by molar-refractivity contribution is 0.0988. The molecule has 0 amide bonds. The van der Waals surface area contributed by atoms with Crippen molar-refractivity contribution >= 4 is 17.1 Å². The van der Waals surface area contributed by atoms with Gasteiger partial charge in [-0.2, -0.15) is 0 Å². The van der Waals surface area contributed by atoms with Crippen LogP contribution in [0.2, 0.25) is 0 Å². The van der Waals surface area contributed by atoms with Crippen molar-refractivity contribution in [1.82, 2.24) is 4.98 Å². The molecule has 1 heterocycles. The van der Waals surface area contributed by atoms with Crippen molar-refractivity contribution < 1.29 is 9.53 Å². The van der Waals surface area contributed by atoms with Crippen LogP contribution in [0.25, 0.3) is 0 Å². The second-order valence-corrected chi connectivity index (χ2v) is 4.49. The van der Waals surface area contributed by atoms with E-state index in [0.29, 0.717) is 13.0 Å². The van der Waals surface area contributed by atoms with Gasteiger partial charge >= 0.3 is 0 Å². The molecule has 1 aromatic carbocycles. The average molecular weight is 247 g/mol. The number of benzene rings is 1. The highest BCUT2D eigenvalue weighted by atomic mass is 32.1. The Morgan fingerprint density at radius 1 is 1.35 bits per heavy atom. The summed E-state index contributed by atoms with van der Waals surface area (Å²) in [6.07, 6.45) is 2.28. The van der Waals surface area contributed by atoms with Gasteiger partial charge in [0.1, 0.15) is 17.4 Å². The highest BCUT2D eigenvalue weighted by Gasteiger charge is 2.03. The number of carbonyl (C=O) groups excluding carboxylic acids is 1. The van der Waals surface area contributed by atoms with E-state index in [1.807, 2.05) is 24.4 Å². The maximum atomic E-state index is 11.4. The monoisotopic (exact) mass is 247 g/mol. The van der Waals surface area contributed by atoms with E-state index in [4.69, 9.17) is 4.74 Å². The second-order valence-electron chi connectivity index (χ2n) is 3.52. The number of Topliss-reactive ketones (excluding diaryl/α,β-unsaturated/α-hetero) is 1. The summed E-state index contributed by atoms with van der Waals surface area (Å²) in [6.45, 7) is 2.33. The first-order chi connectivity index (χ1) is 8.29. The van der Waals surface area contributed by atoms with Crippen LogP contribution in [0.4, 0.5) is 0 Å². The van der Waals surface area contributed by atoms with Crippen LogP contribution in [0.15, 0.2) is 35.8 Å². The summed E-state index contributed by atoms with van der Waals surface area (Å²) in [5, 5.41) is 2.86. The number of nitrogens with zero attached hydrogens (tertiary/aromatic N) is 1. The van der Waals surface area contributed by atoms with Crippen LogP contribution in [0.5, 0.6) is 5.75 Å². The van der Waals surface area contributed by atoms with Crippen molar-refractivity contribution in [3.05, 3.63) is 46.4 Å². The zero-order valence-corrected chi connectivity index (χ0v) is 10.4. The Kier molecular flexibility index (Phi) is 3.88. The predicted molar refractivity (Wildman–Crippen MR) is 67.5 cm³/mol. The third kappa shape index (κ3) is 3.14. The Balaban J connectivity index is 1.96. The summed E-state index contributed by atoms with van der Waals surface area (Å²) in [6, 6.07) is 7.22. The van der Waals surface area contributed by atoms with Crippen LogP contribution in [-0.4, -0.2) is 10.8 Å². The molecule has 0 aliphatic rings. The lowest BCUT2D eigenvalue weighted by Gasteiger charge is -2.04. The molecule has 0 spiro atoms. The largest absolute Gasteiger partial charge is 0.486 e. The number of hydrogen-bond donors (Lipinski definition) is 0. The Morgan fingerprint density at radius 2 is 2.12 bits per heavy atom. The van der Waals surface area contributed by atoms with Gasteiger partial charge in [0.05, 0.1) is 0 Å². The van der Waals surface area contributed by atoms with Crippen molar-refractivity contribution in [3.8, 4) is 5.75 Å². The first-order valence-corrected chi connectivity index (χ1v) is 6.32. The molecule has 0 aliphatic carbocycles. The maximum Gasteiger partial charge on any atom is 0.162 e. The molecular formula is C13H13NO2S. The van der Waals surface area contributed by atoms with E-state index in [0.717, 1.165) is 16.3 Å². The Bertz CT molecular complexity index is 477. The molecular weight excluding hydrogens is 234 g/mol. The summed E-state index contributed by atoms with van der Waals surface area (Å²) in [5.41, 5.74) is 0.731. The third-order valence-corrected chi connectivity index (χ3v) is 3.10. The van der Waals surface area contributed by atoms with Gasteiger partial charge in [-0.05, 0) is 24.3 Å². The second kappa shape index (κ2) is 5.59. The first kappa shape index (κ1) is 11.8. The molecule has 88 valence electrons. The van der Waals surface area contributed by atoms with Crippen LogP contribution < -0.4 is 4.74 Å². The van der Waals surface area contributed by atoms with Gasteiger partial charge in [-0.3, -0.25) is 4.79 Å². The molecule has 2 rings (SSSR count). The summed E-state index contributed by atoms with van der Waals surface area (Å²) in [5.74, 6) is 0.907. The summed E-state index contributed by atoms with van der Waals surface area (Å²) in [7, 11) is 0. The van der Waals surface area contributed by atoms with Crippen LogP contribution in [-0.2, 0) is 6.61 Å². The fourth-order valence-corrected chi connectivity index (χ4v) is 1.94. The molecule has 1 aromatic heterocycles. The highest BCUT2D eigenvalue weighted by Crippen LogP contribution is 2.15. The molecule has 4 heteroatoms. The molecule has 2 aromatic rings. The van der Waals surface area contributed by atoms with E-state index in [2.05, 4.69) is 4.98 Å². The third-order valence-electron chi connectivity index (χ3n) is 2.34. The molecule has 0 N–H and O–H groups in total. The van der Waals surface area contributed by atoms with Gasteiger partial charge < -0.3 is 4.74 Å². The molecule has 0 radical (unpaired) electrons. The molecule has 3 nitrogen and oxygen atoms in total. The van der Waals surface area contributed by atoms with E-state index in [9.17, 15) is 4.79 Å². The fourth-order valence-electron chi connectivity index (χ4n) is 1.41. The van der Waals surface area contributed by atoms with E-state index in [1.165, 1.54) is 0 Å². The van der Waals surface area contributed by atoms with Gasteiger partial charge in [-0.25, -0.2) is 4.98 Å². The van der Waals surface area contributed by atoms with Gasteiger partial charge in [0.25, 0.3) is 0 Å². The number of ether oxygens (including phenoxy) is 1. The van der Waals surface area contributed by atoms with E-state index < -0.39 is 0 Å². The standard InChI is InChI=1S/C13H13NO2S/c1-2-12(15)10-3-5-11(6-4-10)16-9-13-14-7-8-17-13/h3-8H,2,9H2,1H3. The Morgan fingerprint density at radius 3 is 2.71 bits per heavy atom. The molecule has 0 saturated carbocycles. The van der Waals surface area contributed by atoms with Gasteiger partial charge in [-0.1, -0.05) is 6.92 Å². The van der Waals surface area contributed by atoms with Crippen molar-refractivity contribution in [3.63, 3.8) is 0 Å². The van der Waals surface area contributed by atoms with Gasteiger partial charge in [0, 0.05) is 23.6 Å². The number of hydrogen-bond acceptors (Lipinski definition) is 4. The molecule has 0 saturated heterocycles. The minimum absolute atomic E-state index is 0.150. The van der Waals surface area contributed by atoms with E-state index in [-0.39, 0.29) is 5.78 Å². The SMILES string of the molecule is CCC(=O)c1ccc(OCc2nccs2)cc1. The maximum absolute atomic E-state index is 11.4. The summed E-state index contributed by atoms with van der Waals surface area (Å²) >= 11 is 1.56. The molecule has 0 bridgehead atoms. The van der Waals surface area contributed by atoms with Crippen LogP contribution in [0.3, 0.4) is 0 Å². The van der Waals surface area contributed by atoms with E-state index >= 15 is 0 Å². The summed E-state index contributed by atoms with van der Waals surface area (Å²) < 4.78 is 5.56. The molecule has 17 heavy (non-hydrogen) atoms. The van der Waals surface area contributed by atoms with Crippen molar-refractivity contribution in [2.45, 2.75) is 20.0 Å².